The molecular weight excluding hydrogens is 274 g/mol. The van der Waals surface area contributed by atoms with Gasteiger partial charge in [-0.05, 0) is 6.92 Å². The van der Waals surface area contributed by atoms with E-state index >= 15 is 0 Å². The van der Waals surface area contributed by atoms with E-state index in [2.05, 4.69) is 4.31 Å². The molecule has 0 aliphatic carbocycles. The van der Waals surface area contributed by atoms with E-state index in [9.17, 15) is 9.13 Å². The van der Waals surface area contributed by atoms with Crippen LogP contribution in [0.3, 0.4) is 0 Å². The molecule has 0 fully saturated rings. The van der Waals surface area contributed by atoms with Gasteiger partial charge in [-0.1, -0.05) is 0 Å². The Balaban J connectivity index is -0.0000000208. The predicted molar refractivity (Wildman–Crippen MR) is 56.5 cm³/mol. The van der Waals surface area contributed by atoms with Crippen LogP contribution in [0.4, 0.5) is 0 Å². The summed E-state index contributed by atoms with van der Waals surface area (Å²) in [5.41, 5.74) is 0. The molecule has 6 nitrogen and oxygen atoms in total. The summed E-state index contributed by atoms with van der Waals surface area (Å²) in [6, 6.07) is 0. The fourth-order valence-electron chi connectivity index (χ4n) is 0.0598. The minimum Gasteiger partial charge on any atom is -0.397 e. The molecule has 14 heavy (non-hydrogen) atoms. The molecule has 0 aromatic heterocycles. The van der Waals surface area contributed by atoms with Gasteiger partial charge >= 0.3 is 16.5 Å². The molecule has 2 unspecified atom stereocenters. The van der Waals surface area contributed by atoms with E-state index in [1.807, 2.05) is 0 Å². The molecule has 0 saturated heterocycles. The zero-order valence-corrected chi connectivity index (χ0v) is 19.0. The van der Waals surface area contributed by atoms with Gasteiger partial charge in [-0.25, -0.2) is 0 Å². The van der Waals surface area contributed by atoms with Gasteiger partial charge in [0.1, 0.15) is 0 Å². The van der Waals surface area contributed by atoms with Crippen molar-refractivity contribution < 1.29 is 28.3 Å². The first-order valence-corrected chi connectivity index (χ1v) is 4.41. The maximum atomic E-state index is 9.39. The zero-order chi connectivity index (χ0) is 8.57. The van der Waals surface area contributed by atoms with Crippen molar-refractivity contribution in [1.82, 2.24) is 0 Å². The minimum atomic E-state index is -2.92. The van der Waals surface area contributed by atoms with Crippen molar-refractivity contribution in [2.45, 2.75) is 6.92 Å². The standard InChI is InChI=1S/C2H6O.4Na.O5P2/c1-2-3;;;;;1-6(2)5-7(3)4/h3H,2H2,1H3;;;;;/p+2. The van der Waals surface area contributed by atoms with E-state index in [4.69, 9.17) is 14.9 Å². The van der Waals surface area contributed by atoms with Crippen LogP contribution in [-0.4, -0.2) is 140 Å². The molecule has 0 aromatic rings. The average molecular weight is 282 g/mol. The first-order valence-electron chi connectivity index (χ1n) is 2.15. The van der Waals surface area contributed by atoms with E-state index in [1.54, 1.807) is 6.92 Å². The summed E-state index contributed by atoms with van der Waals surface area (Å²) >= 11 is 0. The van der Waals surface area contributed by atoms with E-state index in [1.165, 1.54) is 0 Å². The Labute approximate surface area is 173 Å². The molecule has 4 radical (unpaired) electrons. The van der Waals surface area contributed by atoms with Gasteiger partial charge in [-0.15, -0.1) is 9.79 Å². The predicted octanol–water partition coefficient (Wildman–Crippen LogP) is -1.22. The summed E-state index contributed by atoms with van der Waals surface area (Å²) in [6.45, 7) is 1.93. The van der Waals surface area contributed by atoms with Gasteiger partial charge in [0.15, 0.2) is 4.31 Å². The summed E-state index contributed by atoms with van der Waals surface area (Å²) in [7, 11) is -5.85. The number of hydrogen-bond donors (Lipinski definition) is 3. The molecule has 3 N–H and O–H groups in total. The van der Waals surface area contributed by atoms with Gasteiger partial charge in [-0.2, -0.15) is 0 Å². The van der Waals surface area contributed by atoms with E-state index < -0.39 is 16.5 Å². The van der Waals surface area contributed by atoms with E-state index in [0.29, 0.717) is 0 Å². The third-order valence-corrected chi connectivity index (χ3v) is 1.26. The van der Waals surface area contributed by atoms with Gasteiger partial charge in [0.25, 0.3) is 0 Å². The van der Waals surface area contributed by atoms with E-state index in [0.717, 1.165) is 0 Å². The topological polar surface area (TPSA) is 104 Å². The first kappa shape index (κ1) is 36.1. The van der Waals surface area contributed by atoms with Gasteiger partial charge in [0.2, 0.25) is 0 Å². The van der Waals surface area contributed by atoms with Crippen LogP contribution >= 0.6 is 16.5 Å². The van der Waals surface area contributed by atoms with Crippen molar-refractivity contribution in [3.8, 4) is 0 Å². The Bertz CT molecular complexity index is 112. The molecule has 0 aromatic carbocycles. The maximum Gasteiger partial charge on any atom is 0.745 e. The maximum absolute atomic E-state index is 9.39. The number of aliphatic hydroxyl groups is 1. The molecular formula is C2H8Na4O6P2+2. The molecule has 0 rings (SSSR count). The molecule has 0 amide bonds. The largest absolute Gasteiger partial charge is 0.745 e. The van der Waals surface area contributed by atoms with Crippen LogP contribution in [0.1, 0.15) is 6.92 Å². The second-order valence-electron chi connectivity index (χ2n) is 0.874. The molecule has 0 saturated carbocycles. The third kappa shape index (κ3) is 56.1. The fourth-order valence-corrected chi connectivity index (χ4v) is 0.538. The fraction of sp³-hybridized carbons (Fsp3) is 1.00. The number of aliphatic hydroxyl groups excluding tert-OH is 1. The molecule has 2 atom stereocenters. The van der Waals surface area contributed by atoms with Crippen LogP contribution in [0.5, 0.6) is 0 Å². The second kappa shape index (κ2) is 30.2. The Kier molecular flexibility index (Phi) is 78.1. The van der Waals surface area contributed by atoms with Crippen LogP contribution in [-0.2, 0) is 13.4 Å². The normalized spacial score (nSPS) is 8.00. The van der Waals surface area contributed by atoms with Crippen LogP contribution in [0.15, 0.2) is 0 Å². The monoisotopic (exact) mass is 282 g/mol. The Hall–Kier alpha value is 4.04. The van der Waals surface area contributed by atoms with Crippen molar-refractivity contribution in [3.63, 3.8) is 0 Å². The summed E-state index contributed by atoms with van der Waals surface area (Å²) in [6.07, 6.45) is 0. The summed E-state index contributed by atoms with van der Waals surface area (Å²) in [4.78, 5) is 15.3. The molecule has 0 heterocycles. The minimum absolute atomic E-state index is 0. The molecule has 0 bridgehead atoms. The molecule has 0 spiro atoms. The second-order valence-corrected chi connectivity index (χ2v) is 2.48. The SMILES string of the molecule is CCO.O=[P+](O)O[P+](=O)O.[Na].[Na].[Na].[Na]. The van der Waals surface area contributed by atoms with Crippen LogP contribution in [0.25, 0.3) is 0 Å². The molecule has 0 aliphatic heterocycles. The van der Waals surface area contributed by atoms with E-state index in [-0.39, 0.29) is 125 Å². The molecule has 64 valence electrons. The summed E-state index contributed by atoms with van der Waals surface area (Å²) in [5, 5.41) is 7.57. The van der Waals surface area contributed by atoms with Crippen LogP contribution in [0.2, 0.25) is 0 Å². The number of hydrogen-bond acceptors (Lipinski definition) is 4. The van der Waals surface area contributed by atoms with Crippen LogP contribution in [0, 0.1) is 0 Å². The Morgan fingerprint density at radius 1 is 1.00 bits per heavy atom. The van der Waals surface area contributed by atoms with Gasteiger partial charge in [0, 0.05) is 134 Å². The smallest absolute Gasteiger partial charge is 0.397 e. The van der Waals surface area contributed by atoms with Gasteiger partial charge in [-0.3, -0.25) is 0 Å². The average Bonchev–Trinajstić information content (AvgIpc) is 1.62. The quantitative estimate of drug-likeness (QED) is 0.433. The Morgan fingerprint density at radius 3 is 1.14 bits per heavy atom. The van der Waals surface area contributed by atoms with Crippen molar-refractivity contribution in [3.05, 3.63) is 0 Å². The number of rotatable bonds is 2. The summed E-state index contributed by atoms with van der Waals surface area (Å²) < 4.78 is 22.2. The first-order chi connectivity index (χ1) is 4.54. The molecule has 0 aliphatic rings. The van der Waals surface area contributed by atoms with Gasteiger partial charge in [0.05, 0.1) is 0 Å². The van der Waals surface area contributed by atoms with Crippen molar-refractivity contribution in [2.24, 2.45) is 0 Å². The summed E-state index contributed by atoms with van der Waals surface area (Å²) in [5.74, 6) is 0. The molecule has 12 heteroatoms. The van der Waals surface area contributed by atoms with Crippen molar-refractivity contribution >= 4 is 135 Å². The Morgan fingerprint density at radius 2 is 1.14 bits per heavy atom. The zero-order valence-electron chi connectivity index (χ0n) is 9.17. The van der Waals surface area contributed by atoms with Crippen molar-refractivity contribution in [2.75, 3.05) is 6.61 Å². The van der Waals surface area contributed by atoms with Crippen LogP contribution < -0.4 is 0 Å². The van der Waals surface area contributed by atoms with Crippen molar-refractivity contribution in [1.29, 1.82) is 0 Å². The third-order valence-electron chi connectivity index (χ3n) is 0.140. The van der Waals surface area contributed by atoms with Gasteiger partial charge < -0.3 is 5.11 Å².